The van der Waals surface area contributed by atoms with Gasteiger partial charge in [0.05, 0.1) is 18.4 Å². The largest absolute Gasteiger partial charge is 0.481 e. The van der Waals surface area contributed by atoms with Gasteiger partial charge in [-0.15, -0.1) is 0 Å². The molecule has 3 aromatic rings. The summed E-state index contributed by atoms with van der Waals surface area (Å²) in [5.41, 5.74) is 3.72. The van der Waals surface area contributed by atoms with Gasteiger partial charge in [-0.1, -0.05) is 24.3 Å². The lowest BCUT2D eigenvalue weighted by Crippen LogP contribution is -2.13. The minimum atomic E-state index is -0.915. The number of aryl methyl sites for hydroxylation is 1. The highest BCUT2D eigenvalue weighted by Gasteiger charge is 2.17. The molecule has 4 rings (SSSR count). The number of rotatable bonds is 8. The van der Waals surface area contributed by atoms with Crippen LogP contribution < -0.4 is 5.32 Å². The molecule has 0 spiro atoms. The van der Waals surface area contributed by atoms with Crippen LogP contribution in [-0.4, -0.2) is 32.2 Å². The molecule has 1 aromatic carbocycles. The SMILES string of the molecule is O=C(O)CC(Cn1cnc(/C=C\Cc2ccc3c(n2)NCCC3)c1)c1cccc(F)c1. The molecule has 0 amide bonds. The van der Waals surface area contributed by atoms with E-state index in [9.17, 15) is 14.3 Å². The van der Waals surface area contributed by atoms with Crippen molar-refractivity contribution in [3.05, 3.63) is 83.3 Å². The highest BCUT2D eigenvalue weighted by atomic mass is 19.1. The number of aliphatic carboxylic acids is 1. The summed E-state index contributed by atoms with van der Waals surface area (Å²) in [7, 11) is 0. The maximum atomic E-state index is 13.6. The second kappa shape index (κ2) is 9.55. The average Bonchev–Trinajstić information content (AvgIpc) is 3.20. The fraction of sp³-hybridized carbons (Fsp3) is 0.292. The van der Waals surface area contributed by atoms with E-state index in [1.54, 1.807) is 18.5 Å². The van der Waals surface area contributed by atoms with Crippen LogP contribution in [0.15, 0.2) is 55.0 Å². The van der Waals surface area contributed by atoms with Crippen molar-refractivity contribution < 1.29 is 14.3 Å². The maximum Gasteiger partial charge on any atom is 0.304 e. The van der Waals surface area contributed by atoms with E-state index in [0.29, 0.717) is 18.5 Å². The number of nitrogens with one attached hydrogen (secondary N) is 1. The van der Waals surface area contributed by atoms with Crippen LogP contribution in [0.3, 0.4) is 0 Å². The van der Waals surface area contributed by atoms with E-state index in [1.165, 1.54) is 17.7 Å². The molecule has 31 heavy (non-hydrogen) atoms. The van der Waals surface area contributed by atoms with Crippen LogP contribution in [0.1, 0.15) is 41.3 Å². The molecule has 0 aliphatic carbocycles. The molecule has 2 N–H and O–H groups in total. The predicted molar refractivity (Wildman–Crippen MR) is 117 cm³/mol. The van der Waals surface area contributed by atoms with E-state index in [0.717, 1.165) is 36.6 Å². The molecule has 1 aliphatic rings. The van der Waals surface area contributed by atoms with Gasteiger partial charge in [0.2, 0.25) is 0 Å². The third kappa shape index (κ3) is 5.57. The quantitative estimate of drug-likeness (QED) is 0.568. The van der Waals surface area contributed by atoms with Crippen molar-refractivity contribution in [3.8, 4) is 0 Å². The monoisotopic (exact) mass is 420 g/mol. The number of aromatic nitrogens is 3. The summed E-state index contributed by atoms with van der Waals surface area (Å²) in [4.78, 5) is 20.4. The maximum absolute atomic E-state index is 13.6. The van der Waals surface area contributed by atoms with Crippen LogP contribution in [0.2, 0.25) is 0 Å². The Balaban J connectivity index is 1.40. The lowest BCUT2D eigenvalue weighted by atomic mass is 9.95. The zero-order valence-electron chi connectivity index (χ0n) is 17.2. The van der Waals surface area contributed by atoms with Gasteiger partial charge in [-0.2, -0.15) is 0 Å². The summed E-state index contributed by atoms with van der Waals surface area (Å²) in [5.74, 6) is -0.635. The number of anilines is 1. The van der Waals surface area contributed by atoms with Crippen LogP contribution in [0.4, 0.5) is 10.2 Å². The van der Waals surface area contributed by atoms with Crippen molar-refractivity contribution in [3.63, 3.8) is 0 Å². The Kier molecular flexibility index (Phi) is 6.40. The second-order valence-corrected chi connectivity index (χ2v) is 7.79. The van der Waals surface area contributed by atoms with Gasteiger partial charge >= 0.3 is 5.97 Å². The van der Waals surface area contributed by atoms with Gasteiger partial charge in [0.25, 0.3) is 0 Å². The average molecular weight is 420 g/mol. The first-order valence-corrected chi connectivity index (χ1v) is 10.4. The number of benzene rings is 1. The number of fused-ring (bicyclic) bond motifs is 1. The van der Waals surface area contributed by atoms with E-state index in [4.69, 9.17) is 0 Å². The van der Waals surface area contributed by atoms with Crippen molar-refractivity contribution in [2.75, 3.05) is 11.9 Å². The third-order valence-corrected chi connectivity index (χ3v) is 5.39. The van der Waals surface area contributed by atoms with Crippen molar-refractivity contribution in [2.24, 2.45) is 0 Å². The highest BCUT2D eigenvalue weighted by molar-refractivity contribution is 5.68. The lowest BCUT2D eigenvalue weighted by molar-refractivity contribution is -0.137. The normalized spacial score (nSPS) is 14.2. The summed E-state index contributed by atoms with van der Waals surface area (Å²) in [6.45, 7) is 1.38. The van der Waals surface area contributed by atoms with Crippen LogP contribution in [-0.2, 0) is 24.2 Å². The molecule has 2 aromatic heterocycles. The number of imidazole rings is 1. The van der Waals surface area contributed by atoms with E-state index < -0.39 is 5.97 Å². The Labute approximate surface area is 180 Å². The molecule has 0 bridgehead atoms. The predicted octanol–water partition coefficient (Wildman–Crippen LogP) is 4.29. The summed E-state index contributed by atoms with van der Waals surface area (Å²) >= 11 is 0. The number of carbonyl (C=O) groups is 1. The minimum absolute atomic E-state index is 0.0785. The Bertz CT molecular complexity index is 1090. The number of carboxylic acids is 1. The zero-order chi connectivity index (χ0) is 21.6. The van der Waals surface area contributed by atoms with Gasteiger partial charge in [0, 0.05) is 37.3 Å². The first-order valence-electron chi connectivity index (χ1n) is 10.4. The molecule has 0 radical (unpaired) electrons. The Morgan fingerprint density at radius 3 is 3.06 bits per heavy atom. The number of carboxylic acid groups (broad SMARTS) is 1. The van der Waals surface area contributed by atoms with Gasteiger partial charge in [-0.25, -0.2) is 14.4 Å². The number of hydrogen-bond donors (Lipinski definition) is 2. The van der Waals surface area contributed by atoms with E-state index in [1.807, 2.05) is 22.9 Å². The molecule has 1 unspecified atom stereocenters. The molecule has 6 nitrogen and oxygen atoms in total. The van der Waals surface area contributed by atoms with Crippen molar-refractivity contribution in [1.82, 2.24) is 14.5 Å². The Morgan fingerprint density at radius 2 is 2.23 bits per heavy atom. The van der Waals surface area contributed by atoms with Gasteiger partial charge in [-0.3, -0.25) is 4.79 Å². The minimum Gasteiger partial charge on any atom is -0.481 e. The van der Waals surface area contributed by atoms with Gasteiger partial charge in [0.15, 0.2) is 0 Å². The highest BCUT2D eigenvalue weighted by Crippen LogP contribution is 2.23. The van der Waals surface area contributed by atoms with Crippen LogP contribution in [0.5, 0.6) is 0 Å². The third-order valence-electron chi connectivity index (χ3n) is 5.39. The number of pyridine rings is 1. The van der Waals surface area contributed by atoms with E-state index >= 15 is 0 Å². The second-order valence-electron chi connectivity index (χ2n) is 7.79. The number of allylic oxidation sites excluding steroid dienone is 1. The molecule has 3 heterocycles. The lowest BCUT2D eigenvalue weighted by Gasteiger charge is -2.17. The van der Waals surface area contributed by atoms with Crippen molar-refractivity contribution in [1.29, 1.82) is 0 Å². The topological polar surface area (TPSA) is 80.0 Å². The van der Waals surface area contributed by atoms with Gasteiger partial charge < -0.3 is 15.0 Å². The van der Waals surface area contributed by atoms with Gasteiger partial charge in [-0.05, 0) is 48.2 Å². The zero-order valence-corrected chi connectivity index (χ0v) is 17.2. The number of halogens is 1. The first-order chi connectivity index (χ1) is 15.1. The molecule has 0 saturated heterocycles. The van der Waals surface area contributed by atoms with E-state index in [2.05, 4.69) is 27.4 Å². The van der Waals surface area contributed by atoms with Crippen LogP contribution >= 0.6 is 0 Å². The summed E-state index contributed by atoms with van der Waals surface area (Å²) in [6.07, 6.45) is 10.3. The Morgan fingerprint density at radius 1 is 1.32 bits per heavy atom. The molecule has 1 atom stereocenters. The first kappa shape index (κ1) is 20.8. The van der Waals surface area contributed by atoms with E-state index in [-0.39, 0.29) is 18.2 Å². The number of nitrogens with zero attached hydrogens (tertiary/aromatic N) is 3. The van der Waals surface area contributed by atoms with Crippen molar-refractivity contribution >= 4 is 17.9 Å². The molecule has 0 saturated carbocycles. The fourth-order valence-corrected chi connectivity index (χ4v) is 3.86. The molecule has 0 fully saturated rings. The van der Waals surface area contributed by atoms with Gasteiger partial charge in [0.1, 0.15) is 11.6 Å². The fourth-order valence-electron chi connectivity index (χ4n) is 3.86. The molecule has 7 heteroatoms. The smallest absolute Gasteiger partial charge is 0.304 e. The van der Waals surface area contributed by atoms with Crippen molar-refractivity contribution in [2.45, 2.75) is 38.1 Å². The number of hydrogen-bond acceptors (Lipinski definition) is 4. The Hall–Kier alpha value is -3.48. The molecular formula is C24H25FN4O2. The molecule has 1 aliphatic heterocycles. The summed E-state index contributed by atoms with van der Waals surface area (Å²) in [5, 5.41) is 12.6. The van der Waals surface area contributed by atoms with Crippen LogP contribution in [0.25, 0.3) is 6.08 Å². The molecule has 160 valence electrons. The standard InChI is InChI=1S/C24H25FN4O2/c25-20-6-1-4-18(12-20)19(13-23(30)31)14-29-15-22(27-16-29)8-2-7-21-10-9-17-5-3-11-26-24(17)28-21/h1-2,4,6,8-10,12,15-16,19H,3,5,7,11,13-14H2,(H,26,28)(H,30,31)/b8-2-. The summed E-state index contributed by atoms with van der Waals surface area (Å²) < 4.78 is 15.4. The summed E-state index contributed by atoms with van der Waals surface area (Å²) in [6, 6.07) is 10.3. The van der Waals surface area contributed by atoms with Crippen LogP contribution in [0, 0.1) is 5.82 Å². The molecular weight excluding hydrogens is 395 g/mol.